The van der Waals surface area contributed by atoms with Crippen molar-refractivity contribution >= 4 is 5.97 Å². The summed E-state index contributed by atoms with van der Waals surface area (Å²) in [4.78, 5) is 15.6. The smallest absolute Gasteiger partial charge is 0.310 e. The highest BCUT2D eigenvalue weighted by Gasteiger charge is 2.44. The van der Waals surface area contributed by atoms with Gasteiger partial charge < -0.3 is 14.4 Å². The molecule has 1 aromatic rings. The normalized spacial score (nSPS) is 29.4. The Hall–Kier alpha value is -1.36. The van der Waals surface area contributed by atoms with E-state index in [9.17, 15) is 9.90 Å². The Labute approximate surface area is 94.1 Å². The lowest BCUT2D eigenvalue weighted by atomic mass is 9.88. The van der Waals surface area contributed by atoms with Gasteiger partial charge in [-0.05, 0) is 6.42 Å². The first-order valence-electron chi connectivity index (χ1n) is 5.46. The second-order valence-electron chi connectivity index (χ2n) is 4.15. The summed E-state index contributed by atoms with van der Waals surface area (Å²) in [6, 6.07) is 0. The van der Waals surface area contributed by atoms with Crippen LogP contribution in [0.3, 0.4) is 0 Å². The fourth-order valence-corrected chi connectivity index (χ4v) is 2.30. The van der Waals surface area contributed by atoms with Gasteiger partial charge in [0, 0.05) is 13.0 Å². The summed E-state index contributed by atoms with van der Waals surface area (Å²) in [6.07, 6.45) is 3.67. The zero-order valence-corrected chi connectivity index (χ0v) is 9.46. The average Bonchev–Trinajstić information content (AvgIpc) is 2.81. The standard InChI is InChI=1S/C11H16N2O3/c1-3-7-8(5-14)10(16-11(7)15)9-4-12-6-13(9)2/h4,6-8,10,14H,3,5H2,1-2H3/t7-,8?,10?/m0/s1. The van der Waals surface area contributed by atoms with Crippen molar-refractivity contribution in [3.05, 3.63) is 18.2 Å². The van der Waals surface area contributed by atoms with Gasteiger partial charge in [0.2, 0.25) is 0 Å². The summed E-state index contributed by atoms with van der Waals surface area (Å²) in [5, 5.41) is 9.38. The predicted molar refractivity (Wildman–Crippen MR) is 56.4 cm³/mol. The van der Waals surface area contributed by atoms with Gasteiger partial charge in [-0.15, -0.1) is 0 Å². The van der Waals surface area contributed by atoms with Crippen molar-refractivity contribution in [2.24, 2.45) is 18.9 Å². The number of carbonyl (C=O) groups is 1. The first kappa shape index (κ1) is 11.1. The van der Waals surface area contributed by atoms with Gasteiger partial charge in [-0.2, -0.15) is 0 Å². The fraction of sp³-hybridized carbons (Fsp3) is 0.636. The van der Waals surface area contributed by atoms with E-state index in [1.807, 2.05) is 18.5 Å². The van der Waals surface area contributed by atoms with Crippen molar-refractivity contribution in [3.63, 3.8) is 0 Å². The maximum absolute atomic E-state index is 11.6. The second kappa shape index (κ2) is 4.25. The number of hydrogen-bond acceptors (Lipinski definition) is 4. The minimum atomic E-state index is -0.366. The maximum atomic E-state index is 11.6. The van der Waals surface area contributed by atoms with E-state index in [0.717, 1.165) is 5.69 Å². The molecule has 1 aliphatic heterocycles. The number of hydrogen-bond donors (Lipinski definition) is 1. The van der Waals surface area contributed by atoms with E-state index in [1.54, 1.807) is 12.5 Å². The van der Waals surface area contributed by atoms with E-state index in [1.165, 1.54) is 0 Å². The summed E-state index contributed by atoms with van der Waals surface area (Å²) in [6.45, 7) is 1.89. The Morgan fingerprint density at radius 2 is 2.38 bits per heavy atom. The zero-order valence-electron chi connectivity index (χ0n) is 9.46. The van der Waals surface area contributed by atoms with Gasteiger partial charge >= 0.3 is 5.97 Å². The van der Waals surface area contributed by atoms with Gasteiger partial charge in [0.1, 0.15) is 6.10 Å². The van der Waals surface area contributed by atoms with Gasteiger partial charge in [-0.3, -0.25) is 4.79 Å². The summed E-state index contributed by atoms with van der Waals surface area (Å²) in [5.41, 5.74) is 0.836. The highest BCUT2D eigenvalue weighted by atomic mass is 16.6. The largest absolute Gasteiger partial charge is 0.455 e. The monoisotopic (exact) mass is 224 g/mol. The topological polar surface area (TPSA) is 64.3 Å². The summed E-state index contributed by atoms with van der Waals surface area (Å²) in [7, 11) is 1.85. The molecule has 0 aromatic carbocycles. The molecule has 2 rings (SSSR count). The molecule has 0 bridgehead atoms. The third kappa shape index (κ3) is 1.61. The molecule has 5 nitrogen and oxygen atoms in total. The van der Waals surface area contributed by atoms with E-state index in [0.29, 0.717) is 6.42 Å². The molecule has 0 aliphatic carbocycles. The molecule has 1 saturated heterocycles. The number of nitrogens with zero attached hydrogens (tertiary/aromatic N) is 2. The predicted octanol–water partition coefficient (Wildman–Crippen LogP) is 0.653. The van der Waals surface area contributed by atoms with Crippen molar-refractivity contribution in [2.45, 2.75) is 19.4 Å². The lowest BCUT2D eigenvalue weighted by Gasteiger charge is -2.17. The number of esters is 1. The molecule has 2 unspecified atom stereocenters. The van der Waals surface area contributed by atoms with Crippen molar-refractivity contribution < 1.29 is 14.6 Å². The lowest BCUT2D eigenvalue weighted by molar-refractivity contribution is -0.144. The molecule has 1 N–H and O–H groups in total. The average molecular weight is 224 g/mol. The molecule has 1 aromatic heterocycles. The minimum absolute atomic E-state index is 0.0416. The Balaban J connectivity index is 2.29. The number of aliphatic hydroxyl groups is 1. The van der Waals surface area contributed by atoms with Crippen molar-refractivity contribution in [2.75, 3.05) is 6.61 Å². The van der Waals surface area contributed by atoms with Crippen LogP contribution in [0.15, 0.2) is 12.5 Å². The quantitative estimate of drug-likeness (QED) is 0.766. The van der Waals surface area contributed by atoms with E-state index in [4.69, 9.17) is 4.74 Å². The van der Waals surface area contributed by atoms with Gasteiger partial charge in [0.25, 0.3) is 0 Å². The number of aliphatic hydroxyl groups excluding tert-OH is 1. The molecule has 3 atom stereocenters. The van der Waals surface area contributed by atoms with Crippen molar-refractivity contribution in [1.29, 1.82) is 0 Å². The van der Waals surface area contributed by atoms with Crippen LogP contribution in [0.5, 0.6) is 0 Å². The Kier molecular flexibility index (Phi) is 2.96. The summed E-state index contributed by atoms with van der Waals surface area (Å²) < 4.78 is 7.15. The number of cyclic esters (lactones) is 1. The molecule has 0 saturated carbocycles. The molecule has 16 heavy (non-hydrogen) atoms. The molecule has 88 valence electrons. The fourth-order valence-electron chi connectivity index (χ4n) is 2.30. The number of aromatic nitrogens is 2. The van der Waals surface area contributed by atoms with Crippen molar-refractivity contribution in [1.82, 2.24) is 9.55 Å². The number of imidazole rings is 1. The number of carbonyl (C=O) groups excluding carboxylic acids is 1. The van der Waals surface area contributed by atoms with Crippen LogP contribution in [-0.4, -0.2) is 27.2 Å². The second-order valence-corrected chi connectivity index (χ2v) is 4.15. The molecule has 0 spiro atoms. The van der Waals surface area contributed by atoms with E-state index < -0.39 is 0 Å². The lowest BCUT2D eigenvalue weighted by Crippen LogP contribution is -2.21. The third-order valence-electron chi connectivity index (χ3n) is 3.25. The SMILES string of the molecule is CC[C@@H]1C(=O)OC(c2cncn2C)C1CO. The van der Waals surface area contributed by atoms with Crippen LogP contribution < -0.4 is 0 Å². The summed E-state index contributed by atoms with van der Waals surface area (Å²) >= 11 is 0. The third-order valence-corrected chi connectivity index (χ3v) is 3.25. The molecule has 0 radical (unpaired) electrons. The van der Waals surface area contributed by atoms with Crippen LogP contribution in [-0.2, 0) is 16.6 Å². The molecule has 1 aliphatic rings. The van der Waals surface area contributed by atoms with E-state index in [2.05, 4.69) is 4.98 Å². The Morgan fingerprint density at radius 3 is 2.88 bits per heavy atom. The molecule has 2 heterocycles. The number of aryl methyl sites for hydroxylation is 1. The molecule has 5 heteroatoms. The van der Waals surface area contributed by atoms with E-state index in [-0.39, 0.29) is 30.5 Å². The van der Waals surface area contributed by atoms with Crippen LogP contribution >= 0.6 is 0 Å². The molecule has 1 fully saturated rings. The number of ether oxygens (including phenoxy) is 1. The van der Waals surface area contributed by atoms with Crippen molar-refractivity contribution in [3.8, 4) is 0 Å². The number of rotatable bonds is 3. The van der Waals surface area contributed by atoms with Crippen LogP contribution in [0.1, 0.15) is 25.1 Å². The zero-order chi connectivity index (χ0) is 11.7. The first-order chi connectivity index (χ1) is 7.69. The van der Waals surface area contributed by atoms with Gasteiger partial charge in [0.05, 0.1) is 30.7 Å². The van der Waals surface area contributed by atoms with Crippen LogP contribution in [0.25, 0.3) is 0 Å². The molecular formula is C11H16N2O3. The van der Waals surface area contributed by atoms with Gasteiger partial charge in [0.15, 0.2) is 0 Å². The Bertz CT molecular complexity index is 388. The molecular weight excluding hydrogens is 208 g/mol. The summed E-state index contributed by atoms with van der Waals surface area (Å²) in [5.74, 6) is -0.578. The molecule has 0 amide bonds. The highest BCUT2D eigenvalue weighted by molar-refractivity contribution is 5.75. The highest BCUT2D eigenvalue weighted by Crippen LogP contribution is 2.40. The van der Waals surface area contributed by atoms with Gasteiger partial charge in [-0.25, -0.2) is 4.98 Å². The van der Waals surface area contributed by atoms with Crippen LogP contribution in [0.4, 0.5) is 0 Å². The minimum Gasteiger partial charge on any atom is -0.455 e. The van der Waals surface area contributed by atoms with Crippen LogP contribution in [0.2, 0.25) is 0 Å². The Morgan fingerprint density at radius 1 is 1.62 bits per heavy atom. The maximum Gasteiger partial charge on any atom is 0.310 e. The van der Waals surface area contributed by atoms with E-state index >= 15 is 0 Å². The first-order valence-corrected chi connectivity index (χ1v) is 5.46. The van der Waals surface area contributed by atoms with Gasteiger partial charge in [-0.1, -0.05) is 6.92 Å². The van der Waals surface area contributed by atoms with Crippen LogP contribution in [0, 0.1) is 11.8 Å².